The Hall–Kier alpha value is -1.51. The maximum Gasteiger partial charge on any atom is 0.228 e. The molecule has 0 bridgehead atoms. The number of carbonyl (C=O) groups excluding carboxylic acids is 1. The molecule has 13 heavy (non-hydrogen) atoms. The van der Waals surface area contributed by atoms with Crippen molar-refractivity contribution in [3.05, 3.63) is 23.8 Å². The Bertz CT molecular complexity index is 400. The van der Waals surface area contributed by atoms with Gasteiger partial charge < -0.3 is 10.4 Å². The Morgan fingerprint density at radius 1 is 1.38 bits per heavy atom. The lowest BCUT2D eigenvalue weighted by molar-refractivity contribution is -0.117. The standard InChI is InChI=1S/C10H9NO2/c12-5-1-2-6-7-4-8(7)10(13)11-9(6)3-5/h1-3,7-8,12H,4H2,(H,11,13). The molecule has 1 heterocycles. The highest BCUT2D eigenvalue weighted by atomic mass is 16.3. The van der Waals surface area contributed by atoms with Gasteiger partial charge in [-0.2, -0.15) is 0 Å². The molecule has 2 aliphatic rings. The second-order valence-electron chi connectivity index (χ2n) is 3.71. The molecule has 0 saturated heterocycles. The second-order valence-corrected chi connectivity index (χ2v) is 3.71. The highest BCUT2D eigenvalue weighted by Crippen LogP contribution is 2.53. The first-order valence-electron chi connectivity index (χ1n) is 4.39. The number of phenolic OH excluding ortho intramolecular Hbond substituents is 1. The molecule has 66 valence electrons. The van der Waals surface area contributed by atoms with Crippen LogP contribution in [0.4, 0.5) is 5.69 Å². The van der Waals surface area contributed by atoms with Gasteiger partial charge in [-0.05, 0) is 24.0 Å². The van der Waals surface area contributed by atoms with Crippen LogP contribution in [0.15, 0.2) is 18.2 Å². The van der Waals surface area contributed by atoms with Crippen LogP contribution in [0.1, 0.15) is 17.9 Å². The molecule has 3 nitrogen and oxygen atoms in total. The molecule has 0 radical (unpaired) electrons. The molecule has 1 aromatic rings. The van der Waals surface area contributed by atoms with Crippen molar-refractivity contribution in [1.29, 1.82) is 0 Å². The van der Waals surface area contributed by atoms with E-state index in [2.05, 4.69) is 5.32 Å². The number of rotatable bonds is 0. The minimum Gasteiger partial charge on any atom is -0.508 e. The molecule has 0 spiro atoms. The van der Waals surface area contributed by atoms with E-state index in [-0.39, 0.29) is 17.6 Å². The predicted molar refractivity (Wildman–Crippen MR) is 47.6 cm³/mol. The van der Waals surface area contributed by atoms with E-state index >= 15 is 0 Å². The van der Waals surface area contributed by atoms with E-state index in [0.29, 0.717) is 5.92 Å². The van der Waals surface area contributed by atoms with E-state index < -0.39 is 0 Å². The summed E-state index contributed by atoms with van der Waals surface area (Å²) in [6.45, 7) is 0. The summed E-state index contributed by atoms with van der Waals surface area (Å²) >= 11 is 0. The monoisotopic (exact) mass is 175 g/mol. The Balaban J connectivity index is 2.14. The first-order chi connectivity index (χ1) is 6.25. The normalized spacial score (nSPS) is 28.8. The molecule has 2 unspecified atom stereocenters. The van der Waals surface area contributed by atoms with Crippen LogP contribution in [0.25, 0.3) is 0 Å². The number of amides is 1. The van der Waals surface area contributed by atoms with Gasteiger partial charge in [0.1, 0.15) is 5.75 Å². The summed E-state index contributed by atoms with van der Waals surface area (Å²) in [6.07, 6.45) is 0.962. The highest BCUT2D eigenvalue weighted by molar-refractivity contribution is 5.99. The fraction of sp³-hybridized carbons (Fsp3) is 0.300. The summed E-state index contributed by atoms with van der Waals surface area (Å²) in [7, 11) is 0. The average molecular weight is 175 g/mol. The van der Waals surface area contributed by atoms with Crippen molar-refractivity contribution in [1.82, 2.24) is 0 Å². The SMILES string of the molecule is O=C1Nc2cc(O)ccc2C2CC12. The van der Waals surface area contributed by atoms with E-state index in [0.717, 1.165) is 12.1 Å². The summed E-state index contributed by atoms with van der Waals surface area (Å²) in [4.78, 5) is 11.3. The van der Waals surface area contributed by atoms with Crippen molar-refractivity contribution in [3.8, 4) is 5.75 Å². The van der Waals surface area contributed by atoms with Gasteiger partial charge in [0.15, 0.2) is 0 Å². The van der Waals surface area contributed by atoms with Gasteiger partial charge in [0.25, 0.3) is 0 Å². The van der Waals surface area contributed by atoms with Gasteiger partial charge in [0.2, 0.25) is 5.91 Å². The van der Waals surface area contributed by atoms with Gasteiger partial charge in [-0.3, -0.25) is 4.79 Å². The van der Waals surface area contributed by atoms with Crippen LogP contribution in [0.3, 0.4) is 0 Å². The number of hydrogen-bond donors (Lipinski definition) is 2. The van der Waals surface area contributed by atoms with E-state index in [9.17, 15) is 9.90 Å². The van der Waals surface area contributed by atoms with Crippen molar-refractivity contribution >= 4 is 11.6 Å². The fourth-order valence-corrected chi connectivity index (χ4v) is 2.03. The lowest BCUT2D eigenvalue weighted by Crippen LogP contribution is -2.19. The molecule has 1 fully saturated rings. The zero-order valence-corrected chi connectivity index (χ0v) is 6.95. The third-order valence-corrected chi connectivity index (χ3v) is 2.82. The number of fused-ring (bicyclic) bond motifs is 3. The van der Waals surface area contributed by atoms with Crippen molar-refractivity contribution < 1.29 is 9.90 Å². The van der Waals surface area contributed by atoms with Crippen molar-refractivity contribution in [2.45, 2.75) is 12.3 Å². The Morgan fingerprint density at radius 2 is 2.23 bits per heavy atom. The maximum absolute atomic E-state index is 11.3. The predicted octanol–water partition coefficient (Wildman–Crippen LogP) is 1.45. The number of carbonyl (C=O) groups is 1. The summed E-state index contributed by atoms with van der Waals surface area (Å²) in [5.74, 6) is 0.905. The molecule has 0 aromatic heterocycles. The Kier molecular flexibility index (Phi) is 1.09. The molecule has 2 N–H and O–H groups in total. The molecule has 1 aliphatic heterocycles. The van der Waals surface area contributed by atoms with Crippen LogP contribution in [0, 0.1) is 5.92 Å². The molecule has 2 atom stereocenters. The molecular formula is C10H9NO2. The van der Waals surface area contributed by atoms with E-state index in [1.54, 1.807) is 12.1 Å². The van der Waals surface area contributed by atoms with Gasteiger partial charge in [-0.25, -0.2) is 0 Å². The number of benzene rings is 1. The van der Waals surface area contributed by atoms with Crippen molar-refractivity contribution in [2.75, 3.05) is 5.32 Å². The topological polar surface area (TPSA) is 49.3 Å². The number of hydrogen-bond acceptors (Lipinski definition) is 2. The molecule has 1 saturated carbocycles. The zero-order valence-electron chi connectivity index (χ0n) is 6.95. The van der Waals surface area contributed by atoms with Gasteiger partial charge in [-0.15, -0.1) is 0 Å². The van der Waals surface area contributed by atoms with Gasteiger partial charge in [-0.1, -0.05) is 6.07 Å². The lowest BCUT2D eigenvalue weighted by Gasteiger charge is -2.15. The summed E-state index contributed by atoms with van der Waals surface area (Å²) in [6, 6.07) is 5.18. The first-order valence-corrected chi connectivity index (χ1v) is 4.39. The van der Waals surface area contributed by atoms with Crippen molar-refractivity contribution in [3.63, 3.8) is 0 Å². The largest absolute Gasteiger partial charge is 0.508 e. The minimum atomic E-state index is 0.100. The van der Waals surface area contributed by atoms with Crippen LogP contribution in [0.5, 0.6) is 5.75 Å². The molecule has 1 aromatic carbocycles. The number of phenols is 1. The highest BCUT2D eigenvalue weighted by Gasteiger charge is 2.48. The third kappa shape index (κ3) is 0.869. The number of anilines is 1. The van der Waals surface area contributed by atoms with Crippen LogP contribution < -0.4 is 5.32 Å². The van der Waals surface area contributed by atoms with E-state index in [4.69, 9.17) is 0 Å². The fourth-order valence-electron chi connectivity index (χ4n) is 2.03. The zero-order chi connectivity index (χ0) is 9.00. The van der Waals surface area contributed by atoms with Crippen LogP contribution in [0.2, 0.25) is 0 Å². The van der Waals surface area contributed by atoms with Crippen molar-refractivity contribution in [2.24, 2.45) is 5.92 Å². The minimum absolute atomic E-state index is 0.100. The number of nitrogens with one attached hydrogen (secondary N) is 1. The van der Waals surface area contributed by atoms with E-state index in [1.165, 1.54) is 5.56 Å². The van der Waals surface area contributed by atoms with Gasteiger partial charge in [0, 0.05) is 17.7 Å². The Labute approximate surface area is 75.4 Å². The molecule has 1 aliphatic carbocycles. The third-order valence-electron chi connectivity index (χ3n) is 2.82. The van der Waals surface area contributed by atoms with Crippen LogP contribution in [-0.4, -0.2) is 11.0 Å². The quantitative estimate of drug-likeness (QED) is 0.627. The van der Waals surface area contributed by atoms with E-state index in [1.807, 2.05) is 6.07 Å². The number of aromatic hydroxyl groups is 1. The summed E-state index contributed by atoms with van der Waals surface area (Å²) < 4.78 is 0. The average Bonchev–Trinajstić information content (AvgIpc) is 2.83. The van der Waals surface area contributed by atoms with Gasteiger partial charge >= 0.3 is 0 Å². The Morgan fingerprint density at radius 3 is 3.08 bits per heavy atom. The second kappa shape index (κ2) is 2.05. The van der Waals surface area contributed by atoms with Crippen LogP contribution in [-0.2, 0) is 4.79 Å². The van der Waals surface area contributed by atoms with Gasteiger partial charge in [0.05, 0.1) is 0 Å². The lowest BCUT2D eigenvalue weighted by atomic mass is 10.0. The molecular weight excluding hydrogens is 166 g/mol. The molecule has 3 heteroatoms. The molecule has 3 rings (SSSR count). The van der Waals surface area contributed by atoms with Crippen LogP contribution >= 0.6 is 0 Å². The first kappa shape index (κ1) is 6.95. The summed E-state index contributed by atoms with van der Waals surface area (Å²) in [5, 5.41) is 12.0. The molecule has 1 amide bonds. The summed E-state index contributed by atoms with van der Waals surface area (Å²) in [5.41, 5.74) is 1.95. The smallest absolute Gasteiger partial charge is 0.228 e. The maximum atomic E-state index is 11.3.